The van der Waals surface area contributed by atoms with Gasteiger partial charge in [0.2, 0.25) is 0 Å². The van der Waals surface area contributed by atoms with Crippen molar-refractivity contribution in [3.63, 3.8) is 0 Å². The second-order valence-electron chi connectivity index (χ2n) is 6.31. The van der Waals surface area contributed by atoms with E-state index in [0.717, 1.165) is 22.7 Å². The zero-order valence-corrected chi connectivity index (χ0v) is 16.9. The normalized spacial score (nSPS) is 10.9. The molecule has 28 heavy (non-hydrogen) atoms. The van der Waals surface area contributed by atoms with Crippen molar-refractivity contribution in [3.8, 4) is 0 Å². The molecule has 0 spiro atoms. The third-order valence-corrected chi connectivity index (χ3v) is 5.02. The number of ether oxygens (including phenoxy) is 1. The summed E-state index contributed by atoms with van der Waals surface area (Å²) in [6.07, 6.45) is 1.74. The summed E-state index contributed by atoms with van der Waals surface area (Å²) in [6.45, 7) is 0.483. The van der Waals surface area contributed by atoms with Crippen LogP contribution in [0.25, 0.3) is 10.9 Å². The summed E-state index contributed by atoms with van der Waals surface area (Å²) in [6, 6.07) is 15.7. The Bertz CT molecular complexity index is 1070. The predicted octanol–water partition coefficient (Wildman–Crippen LogP) is 3.20. The van der Waals surface area contributed by atoms with Crippen LogP contribution in [0.3, 0.4) is 0 Å². The van der Waals surface area contributed by atoms with E-state index in [9.17, 15) is 14.4 Å². The number of nitrogens with zero attached hydrogens (tertiary/aromatic N) is 2. The zero-order chi connectivity index (χ0) is 19.9. The number of benzene rings is 2. The lowest BCUT2D eigenvalue weighted by Gasteiger charge is -2.14. The van der Waals surface area contributed by atoms with E-state index in [1.54, 1.807) is 47.0 Å². The van der Waals surface area contributed by atoms with Crippen LogP contribution in [0.1, 0.15) is 23.2 Å². The van der Waals surface area contributed by atoms with Crippen molar-refractivity contribution in [2.45, 2.75) is 25.9 Å². The standard InChI is InChI=1S/C21H21BrN2O4/c22-12-6-7-13-23-18-11-5-4-10-17(18)19(25)24(21(23)27)14-15-28-20(26)16-8-2-1-3-9-16/h1-5,8-11H,6-7,12-15H2. The molecule has 0 fully saturated rings. The minimum atomic E-state index is -0.480. The Kier molecular flexibility index (Phi) is 6.81. The zero-order valence-electron chi connectivity index (χ0n) is 15.3. The highest BCUT2D eigenvalue weighted by atomic mass is 79.9. The van der Waals surface area contributed by atoms with Crippen LogP contribution in [0.15, 0.2) is 64.2 Å². The number of unbranched alkanes of at least 4 members (excludes halogenated alkanes) is 1. The number of aryl methyl sites for hydroxylation is 1. The Morgan fingerprint density at radius 3 is 2.36 bits per heavy atom. The van der Waals surface area contributed by atoms with Gasteiger partial charge in [0, 0.05) is 11.9 Å². The van der Waals surface area contributed by atoms with Crippen LogP contribution in [0, 0.1) is 0 Å². The predicted molar refractivity (Wildman–Crippen MR) is 112 cm³/mol. The Balaban J connectivity index is 1.85. The van der Waals surface area contributed by atoms with E-state index in [1.165, 1.54) is 0 Å². The van der Waals surface area contributed by atoms with Gasteiger partial charge in [-0.3, -0.25) is 13.9 Å². The Morgan fingerprint density at radius 1 is 0.893 bits per heavy atom. The number of hydrogen-bond donors (Lipinski definition) is 0. The number of halogens is 1. The number of rotatable bonds is 8. The van der Waals surface area contributed by atoms with Crippen molar-refractivity contribution in [1.82, 2.24) is 9.13 Å². The van der Waals surface area contributed by atoms with Gasteiger partial charge < -0.3 is 4.74 Å². The average molecular weight is 445 g/mol. The summed E-state index contributed by atoms with van der Waals surface area (Å²) in [7, 11) is 0. The van der Waals surface area contributed by atoms with Crippen molar-refractivity contribution in [2.75, 3.05) is 11.9 Å². The van der Waals surface area contributed by atoms with Crippen molar-refractivity contribution in [2.24, 2.45) is 0 Å². The molecule has 1 aromatic heterocycles. The van der Waals surface area contributed by atoms with Crippen molar-refractivity contribution >= 4 is 32.8 Å². The van der Waals surface area contributed by atoms with Crippen molar-refractivity contribution in [3.05, 3.63) is 81.0 Å². The van der Waals surface area contributed by atoms with Gasteiger partial charge in [0.25, 0.3) is 5.56 Å². The topological polar surface area (TPSA) is 70.3 Å². The Labute approximate surface area is 170 Å². The molecule has 0 amide bonds. The highest BCUT2D eigenvalue weighted by Crippen LogP contribution is 2.09. The summed E-state index contributed by atoms with van der Waals surface area (Å²) < 4.78 is 8.01. The van der Waals surface area contributed by atoms with Crippen LogP contribution in [0.5, 0.6) is 0 Å². The molecule has 2 aromatic carbocycles. The molecule has 0 aliphatic rings. The van der Waals surface area contributed by atoms with Gasteiger partial charge in [0.15, 0.2) is 0 Å². The van der Waals surface area contributed by atoms with Gasteiger partial charge in [0.1, 0.15) is 6.61 Å². The molecule has 1 heterocycles. The van der Waals surface area contributed by atoms with Gasteiger partial charge >= 0.3 is 11.7 Å². The summed E-state index contributed by atoms with van der Waals surface area (Å²) in [5.41, 5.74) is 0.312. The van der Waals surface area contributed by atoms with E-state index in [4.69, 9.17) is 4.74 Å². The number of hydrogen-bond acceptors (Lipinski definition) is 4. The number of para-hydroxylation sites is 1. The highest BCUT2D eigenvalue weighted by Gasteiger charge is 2.13. The number of alkyl halides is 1. The Morgan fingerprint density at radius 2 is 1.61 bits per heavy atom. The maximum atomic E-state index is 12.9. The summed E-state index contributed by atoms with van der Waals surface area (Å²) >= 11 is 3.39. The molecule has 0 atom stereocenters. The number of carbonyl (C=O) groups is 1. The lowest BCUT2D eigenvalue weighted by molar-refractivity contribution is 0.0488. The maximum absolute atomic E-state index is 12.9. The first-order valence-electron chi connectivity index (χ1n) is 9.14. The average Bonchev–Trinajstić information content (AvgIpc) is 2.73. The molecule has 7 heteroatoms. The van der Waals surface area contributed by atoms with Gasteiger partial charge in [-0.15, -0.1) is 0 Å². The van der Waals surface area contributed by atoms with Crippen LogP contribution >= 0.6 is 15.9 Å². The van der Waals surface area contributed by atoms with Gasteiger partial charge in [-0.25, -0.2) is 9.59 Å². The molecule has 0 radical (unpaired) electrons. The molecule has 0 bridgehead atoms. The fraction of sp³-hybridized carbons (Fsp3) is 0.286. The maximum Gasteiger partial charge on any atom is 0.338 e. The van der Waals surface area contributed by atoms with E-state index in [0.29, 0.717) is 23.0 Å². The second-order valence-corrected chi connectivity index (χ2v) is 7.10. The Hall–Kier alpha value is -2.67. The molecule has 0 aliphatic carbocycles. The van der Waals surface area contributed by atoms with Gasteiger partial charge in [-0.1, -0.05) is 46.3 Å². The summed E-state index contributed by atoms with van der Waals surface area (Å²) in [5, 5.41) is 1.34. The number of carbonyl (C=O) groups excluding carboxylic acids is 1. The first-order chi connectivity index (χ1) is 13.6. The van der Waals surface area contributed by atoms with Crippen molar-refractivity contribution in [1.29, 1.82) is 0 Å². The van der Waals surface area contributed by atoms with E-state index in [1.807, 2.05) is 12.1 Å². The number of aromatic nitrogens is 2. The molecule has 146 valence electrons. The molecule has 3 rings (SSSR count). The number of esters is 1. The highest BCUT2D eigenvalue weighted by molar-refractivity contribution is 9.09. The molecule has 0 saturated carbocycles. The fourth-order valence-electron chi connectivity index (χ4n) is 3.04. The molecule has 0 saturated heterocycles. The minimum Gasteiger partial charge on any atom is -0.460 e. The van der Waals surface area contributed by atoms with Gasteiger partial charge in [-0.05, 0) is 37.1 Å². The monoisotopic (exact) mass is 444 g/mol. The largest absolute Gasteiger partial charge is 0.460 e. The fourth-order valence-corrected chi connectivity index (χ4v) is 3.43. The third-order valence-electron chi connectivity index (χ3n) is 4.46. The third kappa shape index (κ3) is 4.42. The van der Waals surface area contributed by atoms with Gasteiger partial charge in [0.05, 0.1) is 23.0 Å². The molecular formula is C21H21BrN2O4. The van der Waals surface area contributed by atoms with Crippen LogP contribution in [-0.4, -0.2) is 27.0 Å². The lowest BCUT2D eigenvalue weighted by Crippen LogP contribution is -2.41. The van der Waals surface area contributed by atoms with Gasteiger partial charge in [-0.2, -0.15) is 0 Å². The molecule has 6 nitrogen and oxygen atoms in total. The second kappa shape index (κ2) is 9.50. The lowest BCUT2D eigenvalue weighted by atomic mass is 10.2. The smallest absolute Gasteiger partial charge is 0.338 e. The van der Waals surface area contributed by atoms with E-state index < -0.39 is 5.97 Å². The van der Waals surface area contributed by atoms with Crippen LogP contribution < -0.4 is 11.2 Å². The molecule has 0 aliphatic heterocycles. The summed E-state index contributed by atoms with van der Waals surface area (Å²) in [5.74, 6) is -0.480. The van der Waals surface area contributed by atoms with E-state index in [2.05, 4.69) is 15.9 Å². The molecule has 0 N–H and O–H groups in total. The van der Waals surface area contributed by atoms with Crippen molar-refractivity contribution < 1.29 is 9.53 Å². The van der Waals surface area contributed by atoms with Crippen LogP contribution in [0.4, 0.5) is 0 Å². The molecule has 0 unspecified atom stereocenters. The van der Waals surface area contributed by atoms with E-state index in [-0.39, 0.29) is 24.4 Å². The molecule has 3 aromatic rings. The molecular weight excluding hydrogens is 424 g/mol. The first-order valence-corrected chi connectivity index (χ1v) is 10.3. The number of fused-ring (bicyclic) bond motifs is 1. The minimum absolute atomic E-state index is 0.0134. The first kappa shape index (κ1) is 20.1. The van der Waals surface area contributed by atoms with Crippen LogP contribution in [-0.2, 0) is 17.8 Å². The van der Waals surface area contributed by atoms with Crippen LogP contribution in [0.2, 0.25) is 0 Å². The summed E-state index contributed by atoms with van der Waals surface area (Å²) in [4.78, 5) is 37.8. The quantitative estimate of drug-likeness (QED) is 0.303. The SMILES string of the molecule is O=C(OCCn1c(=O)c2ccccc2n(CCCCBr)c1=O)c1ccccc1. The van der Waals surface area contributed by atoms with E-state index >= 15 is 0 Å².